The fourth-order valence-electron chi connectivity index (χ4n) is 5.75. The normalized spacial score (nSPS) is 18.1. The molecule has 4 aromatic rings. The molecule has 4 aromatic carbocycles. The molecule has 3 heteroatoms. The molecule has 2 aliphatic rings. The molecule has 1 heterocycles. The summed E-state index contributed by atoms with van der Waals surface area (Å²) in [6.07, 6.45) is 0.883. The Bertz CT molecular complexity index is 1310. The van der Waals surface area contributed by atoms with Gasteiger partial charge in [-0.1, -0.05) is 109 Å². The van der Waals surface area contributed by atoms with Crippen LogP contribution in [0.15, 0.2) is 109 Å². The summed E-state index contributed by atoms with van der Waals surface area (Å²) in [6, 6.07) is 35.6. The van der Waals surface area contributed by atoms with Crippen molar-refractivity contribution < 1.29 is 9.59 Å². The van der Waals surface area contributed by atoms with E-state index < -0.39 is 11.6 Å². The number of nitrogens with zero attached hydrogens (tertiary/aromatic N) is 1. The lowest BCUT2D eigenvalue weighted by Gasteiger charge is -2.44. The molecule has 6 rings (SSSR count). The zero-order valence-corrected chi connectivity index (χ0v) is 18.1. The Morgan fingerprint density at radius 2 is 1.21 bits per heavy atom. The maximum atomic E-state index is 13.8. The van der Waals surface area contributed by atoms with Crippen LogP contribution in [0.1, 0.15) is 39.9 Å². The van der Waals surface area contributed by atoms with Crippen molar-refractivity contribution in [1.82, 2.24) is 4.90 Å². The molecule has 0 saturated carbocycles. The first-order valence-corrected chi connectivity index (χ1v) is 11.4. The molecule has 1 amide bonds. The molecule has 1 saturated heterocycles. The van der Waals surface area contributed by atoms with Gasteiger partial charge in [0.2, 0.25) is 5.91 Å². The minimum atomic E-state index is -0.850. The molecule has 0 N–H and O–H groups in total. The van der Waals surface area contributed by atoms with Crippen molar-refractivity contribution in [2.24, 2.45) is 0 Å². The van der Waals surface area contributed by atoms with Gasteiger partial charge in [-0.2, -0.15) is 0 Å². The van der Waals surface area contributed by atoms with Crippen LogP contribution in [0.4, 0.5) is 0 Å². The summed E-state index contributed by atoms with van der Waals surface area (Å²) in [4.78, 5) is 29.3. The molecule has 1 aliphatic heterocycles. The predicted molar refractivity (Wildman–Crippen MR) is 129 cm³/mol. The van der Waals surface area contributed by atoms with Gasteiger partial charge in [0.25, 0.3) is 0 Å². The second-order valence-corrected chi connectivity index (χ2v) is 8.72. The molecule has 3 nitrogen and oxygen atoms in total. The highest BCUT2D eigenvalue weighted by atomic mass is 16.2. The largest absolute Gasteiger partial charge is 0.314 e. The van der Waals surface area contributed by atoms with E-state index in [0.717, 1.165) is 27.8 Å². The van der Waals surface area contributed by atoms with E-state index in [4.69, 9.17) is 0 Å². The summed E-state index contributed by atoms with van der Waals surface area (Å²) >= 11 is 0. The predicted octanol–water partition coefficient (Wildman–Crippen LogP) is 5.83. The van der Waals surface area contributed by atoms with E-state index in [9.17, 15) is 9.59 Å². The number of hydrogen-bond donors (Lipinski definition) is 0. The van der Waals surface area contributed by atoms with Gasteiger partial charge < -0.3 is 4.90 Å². The third-order valence-corrected chi connectivity index (χ3v) is 7.05. The van der Waals surface area contributed by atoms with Gasteiger partial charge in [-0.25, -0.2) is 0 Å². The number of hydrogen-bond acceptors (Lipinski definition) is 2. The molecule has 160 valence electrons. The Morgan fingerprint density at radius 1 is 0.697 bits per heavy atom. The summed E-state index contributed by atoms with van der Waals surface area (Å²) in [6.45, 7) is 0. The Balaban J connectivity index is 1.66. The molecule has 0 aromatic heterocycles. The topological polar surface area (TPSA) is 37.4 Å². The van der Waals surface area contributed by atoms with Crippen molar-refractivity contribution in [1.29, 1.82) is 0 Å². The SMILES string of the molecule is O=C(c1ccccc1)[C@@H]1CCC(=O)N1C1(c2ccccc2)c2ccccc2-c2ccccc21. The molecule has 0 bridgehead atoms. The molecular formula is C30H23NO2. The van der Waals surface area contributed by atoms with Crippen LogP contribution >= 0.6 is 0 Å². The number of ketones is 1. The number of benzene rings is 4. The Hall–Kier alpha value is -3.98. The first-order chi connectivity index (χ1) is 16.2. The van der Waals surface area contributed by atoms with Crippen LogP contribution in [0.2, 0.25) is 0 Å². The van der Waals surface area contributed by atoms with Crippen molar-refractivity contribution in [3.05, 3.63) is 131 Å². The number of Topliss-reactive ketones (excluding diaryl/α,β-unsaturated/α-hetero) is 1. The molecule has 1 aliphatic carbocycles. The van der Waals surface area contributed by atoms with Crippen LogP contribution in [0.3, 0.4) is 0 Å². The molecular weight excluding hydrogens is 406 g/mol. The Labute approximate surface area is 193 Å². The minimum Gasteiger partial charge on any atom is -0.314 e. The summed E-state index contributed by atoms with van der Waals surface area (Å²) < 4.78 is 0. The highest BCUT2D eigenvalue weighted by Gasteiger charge is 2.55. The van der Waals surface area contributed by atoms with Crippen molar-refractivity contribution in [2.75, 3.05) is 0 Å². The number of carbonyl (C=O) groups excluding carboxylic acids is 2. The standard InChI is InChI=1S/C30H23NO2/c32-28-20-19-27(29(33)21-11-3-1-4-12-21)31(28)30(22-13-5-2-6-14-22)25-17-9-7-15-23(25)24-16-8-10-18-26(24)30/h1-18,27H,19-20H2/t27-/m0/s1. The molecule has 0 spiro atoms. The lowest BCUT2D eigenvalue weighted by molar-refractivity contribution is -0.132. The van der Waals surface area contributed by atoms with Crippen LogP contribution in [-0.2, 0) is 10.3 Å². The van der Waals surface area contributed by atoms with E-state index in [2.05, 4.69) is 36.4 Å². The van der Waals surface area contributed by atoms with Crippen LogP contribution in [-0.4, -0.2) is 22.6 Å². The quantitative estimate of drug-likeness (QED) is 0.383. The Morgan fingerprint density at radius 3 is 1.82 bits per heavy atom. The van der Waals surface area contributed by atoms with E-state index in [1.807, 2.05) is 77.7 Å². The molecule has 0 unspecified atom stereocenters. The monoisotopic (exact) mass is 429 g/mol. The average molecular weight is 430 g/mol. The lowest BCUT2D eigenvalue weighted by Crippen LogP contribution is -2.53. The van der Waals surface area contributed by atoms with Gasteiger partial charge in [0.15, 0.2) is 5.78 Å². The summed E-state index contributed by atoms with van der Waals surface area (Å²) in [5, 5.41) is 0. The van der Waals surface area contributed by atoms with Crippen molar-refractivity contribution in [2.45, 2.75) is 24.4 Å². The van der Waals surface area contributed by atoms with E-state index >= 15 is 0 Å². The second kappa shape index (κ2) is 7.56. The van der Waals surface area contributed by atoms with Crippen LogP contribution in [0.25, 0.3) is 11.1 Å². The fraction of sp³-hybridized carbons (Fsp3) is 0.133. The van der Waals surface area contributed by atoms with E-state index in [0.29, 0.717) is 18.4 Å². The summed E-state index contributed by atoms with van der Waals surface area (Å²) in [5.41, 5.74) is 5.13. The second-order valence-electron chi connectivity index (χ2n) is 8.72. The number of fused-ring (bicyclic) bond motifs is 3. The smallest absolute Gasteiger partial charge is 0.224 e. The van der Waals surface area contributed by atoms with Crippen LogP contribution < -0.4 is 0 Å². The average Bonchev–Trinajstić information content (AvgIpc) is 3.41. The first kappa shape index (κ1) is 19.7. The van der Waals surface area contributed by atoms with Gasteiger partial charge in [-0.15, -0.1) is 0 Å². The van der Waals surface area contributed by atoms with Crippen molar-refractivity contribution in [3.63, 3.8) is 0 Å². The van der Waals surface area contributed by atoms with Gasteiger partial charge in [0.05, 0.1) is 6.04 Å². The van der Waals surface area contributed by atoms with Gasteiger partial charge in [-0.05, 0) is 34.2 Å². The first-order valence-electron chi connectivity index (χ1n) is 11.4. The van der Waals surface area contributed by atoms with E-state index in [1.165, 1.54) is 0 Å². The molecule has 1 fully saturated rings. The van der Waals surface area contributed by atoms with Gasteiger partial charge in [0, 0.05) is 12.0 Å². The van der Waals surface area contributed by atoms with E-state index in [1.54, 1.807) is 0 Å². The van der Waals surface area contributed by atoms with Crippen LogP contribution in [0.5, 0.6) is 0 Å². The Kier molecular flexibility index (Phi) is 4.51. The highest BCUT2D eigenvalue weighted by molar-refractivity contribution is 6.04. The highest BCUT2D eigenvalue weighted by Crippen LogP contribution is 2.56. The van der Waals surface area contributed by atoms with E-state index in [-0.39, 0.29) is 11.7 Å². The zero-order valence-electron chi connectivity index (χ0n) is 18.1. The number of likely N-dealkylation sites (tertiary alicyclic amines) is 1. The fourth-order valence-corrected chi connectivity index (χ4v) is 5.75. The maximum absolute atomic E-state index is 13.8. The number of amides is 1. The van der Waals surface area contributed by atoms with Crippen molar-refractivity contribution >= 4 is 11.7 Å². The number of carbonyl (C=O) groups is 2. The van der Waals surface area contributed by atoms with Crippen LogP contribution in [0, 0.1) is 0 Å². The summed E-state index contributed by atoms with van der Waals surface area (Å²) in [7, 11) is 0. The third-order valence-electron chi connectivity index (χ3n) is 7.05. The maximum Gasteiger partial charge on any atom is 0.224 e. The minimum absolute atomic E-state index is 0.00128. The number of rotatable bonds is 4. The summed E-state index contributed by atoms with van der Waals surface area (Å²) in [5.74, 6) is 0.0123. The van der Waals surface area contributed by atoms with Gasteiger partial charge in [0.1, 0.15) is 5.54 Å². The van der Waals surface area contributed by atoms with Gasteiger partial charge >= 0.3 is 0 Å². The zero-order chi connectivity index (χ0) is 22.4. The van der Waals surface area contributed by atoms with Crippen molar-refractivity contribution in [3.8, 4) is 11.1 Å². The third kappa shape index (κ3) is 2.75. The molecule has 1 atom stereocenters. The lowest BCUT2D eigenvalue weighted by atomic mass is 9.78. The molecule has 33 heavy (non-hydrogen) atoms. The molecule has 0 radical (unpaired) electrons. The van der Waals surface area contributed by atoms with Gasteiger partial charge in [-0.3, -0.25) is 9.59 Å².